The Bertz CT molecular complexity index is 1410. The molecule has 2 N–H and O–H groups in total. The van der Waals surface area contributed by atoms with Gasteiger partial charge in [0.1, 0.15) is 11.9 Å². The zero-order valence-corrected chi connectivity index (χ0v) is 17.8. The number of halogens is 1. The molecule has 6 heteroatoms. The summed E-state index contributed by atoms with van der Waals surface area (Å²) in [5.41, 5.74) is 5.46. The van der Waals surface area contributed by atoms with Crippen LogP contribution in [0.25, 0.3) is 10.9 Å². The van der Waals surface area contributed by atoms with Crippen molar-refractivity contribution in [2.75, 3.05) is 6.54 Å². The average molecular weight is 439 g/mol. The first kappa shape index (κ1) is 19.7. The van der Waals surface area contributed by atoms with Gasteiger partial charge in [0.05, 0.1) is 6.04 Å². The Balaban J connectivity index is 1.34. The molecule has 0 bridgehead atoms. The van der Waals surface area contributed by atoms with Gasteiger partial charge in [-0.05, 0) is 47.4 Å². The summed E-state index contributed by atoms with van der Waals surface area (Å²) in [5.74, 6) is -0.597. The summed E-state index contributed by atoms with van der Waals surface area (Å²) in [6, 6.07) is 21.1. The molecule has 0 aliphatic carbocycles. The lowest BCUT2D eigenvalue weighted by Gasteiger charge is -2.37. The van der Waals surface area contributed by atoms with Crippen LogP contribution >= 0.6 is 0 Å². The molecule has 2 atom stereocenters. The number of aromatic amines is 1. The maximum Gasteiger partial charge on any atom is 0.255 e. The summed E-state index contributed by atoms with van der Waals surface area (Å²) in [7, 11) is 0. The molecule has 1 aromatic heterocycles. The Morgan fingerprint density at radius 2 is 1.88 bits per heavy atom. The molecular formula is C27H22FN3O2. The van der Waals surface area contributed by atoms with E-state index in [2.05, 4.69) is 16.4 Å². The van der Waals surface area contributed by atoms with Gasteiger partial charge in [0, 0.05) is 35.1 Å². The molecule has 4 aromatic rings. The molecule has 164 valence electrons. The number of rotatable bonds is 4. The molecule has 2 aliphatic heterocycles. The predicted octanol–water partition coefficient (Wildman–Crippen LogP) is 4.14. The van der Waals surface area contributed by atoms with Crippen molar-refractivity contribution in [3.05, 3.63) is 107 Å². The standard InChI is InChI=1S/C27H22FN3O2/c28-17-7-5-6-16(14-17)12-13-29-26(32)23-15-21-18-8-3-4-11-22(18)30-24(21)25-19-9-1-2-10-20(19)27(33)31(23)25/h1-11,14,23,25,30H,12-13,15H2,(H,29,32). The number of nitrogens with one attached hydrogen (secondary N) is 2. The molecule has 6 rings (SSSR count). The molecule has 0 radical (unpaired) electrons. The molecule has 2 amide bonds. The zero-order valence-electron chi connectivity index (χ0n) is 17.8. The van der Waals surface area contributed by atoms with Crippen LogP contribution < -0.4 is 5.32 Å². The van der Waals surface area contributed by atoms with Crippen LogP contribution in [0.3, 0.4) is 0 Å². The van der Waals surface area contributed by atoms with Crippen molar-refractivity contribution < 1.29 is 14.0 Å². The molecule has 3 heterocycles. The highest BCUT2D eigenvalue weighted by Crippen LogP contribution is 2.46. The molecule has 0 saturated heterocycles. The van der Waals surface area contributed by atoms with Gasteiger partial charge >= 0.3 is 0 Å². The van der Waals surface area contributed by atoms with E-state index in [1.54, 1.807) is 11.0 Å². The van der Waals surface area contributed by atoms with Crippen LogP contribution in [0.5, 0.6) is 0 Å². The highest BCUT2D eigenvalue weighted by Gasteiger charge is 2.48. The van der Waals surface area contributed by atoms with Gasteiger partial charge in [-0.15, -0.1) is 0 Å². The number of fused-ring (bicyclic) bond motifs is 7. The number of carbonyl (C=O) groups excluding carboxylic acids is 2. The lowest BCUT2D eigenvalue weighted by molar-refractivity contribution is -0.126. The van der Waals surface area contributed by atoms with E-state index in [1.165, 1.54) is 12.1 Å². The van der Waals surface area contributed by atoms with Gasteiger partial charge in [-0.1, -0.05) is 48.5 Å². The fourth-order valence-electron chi connectivity index (χ4n) is 5.28. The molecule has 5 nitrogen and oxygen atoms in total. The van der Waals surface area contributed by atoms with Gasteiger partial charge in [-0.2, -0.15) is 0 Å². The average Bonchev–Trinajstić information content (AvgIpc) is 3.34. The lowest BCUT2D eigenvalue weighted by Crippen LogP contribution is -2.52. The van der Waals surface area contributed by atoms with Crippen LogP contribution in [0.4, 0.5) is 4.39 Å². The highest BCUT2D eigenvalue weighted by molar-refractivity contribution is 6.03. The second kappa shape index (κ2) is 7.59. The van der Waals surface area contributed by atoms with Crippen molar-refractivity contribution in [1.82, 2.24) is 15.2 Å². The first-order valence-electron chi connectivity index (χ1n) is 11.1. The third-order valence-electron chi connectivity index (χ3n) is 6.76. The van der Waals surface area contributed by atoms with Gasteiger partial charge in [0.15, 0.2) is 0 Å². The number of carbonyl (C=O) groups is 2. The monoisotopic (exact) mass is 439 g/mol. The lowest BCUT2D eigenvalue weighted by atomic mass is 9.90. The zero-order chi connectivity index (χ0) is 22.5. The quantitative estimate of drug-likeness (QED) is 0.502. The maximum absolute atomic E-state index is 13.5. The number of aromatic nitrogens is 1. The van der Waals surface area contributed by atoms with Crippen LogP contribution in [-0.4, -0.2) is 34.3 Å². The van der Waals surface area contributed by atoms with E-state index in [-0.39, 0.29) is 23.7 Å². The number of benzene rings is 3. The molecule has 0 fully saturated rings. The summed E-state index contributed by atoms with van der Waals surface area (Å²) < 4.78 is 13.5. The molecule has 2 aliphatic rings. The first-order chi connectivity index (χ1) is 16.1. The number of hydrogen-bond donors (Lipinski definition) is 2. The van der Waals surface area contributed by atoms with Crippen molar-refractivity contribution in [3.63, 3.8) is 0 Å². The van der Waals surface area contributed by atoms with E-state index in [1.807, 2.05) is 48.5 Å². The summed E-state index contributed by atoms with van der Waals surface area (Å²) >= 11 is 0. The van der Waals surface area contributed by atoms with E-state index in [9.17, 15) is 14.0 Å². The number of nitrogens with zero attached hydrogens (tertiary/aromatic N) is 1. The van der Waals surface area contributed by atoms with Crippen LogP contribution in [0, 0.1) is 5.82 Å². The minimum absolute atomic E-state index is 0.120. The normalized spacial score (nSPS) is 18.7. The summed E-state index contributed by atoms with van der Waals surface area (Å²) in [5, 5.41) is 4.07. The van der Waals surface area contributed by atoms with Gasteiger partial charge in [0.25, 0.3) is 5.91 Å². The van der Waals surface area contributed by atoms with E-state index < -0.39 is 6.04 Å². The summed E-state index contributed by atoms with van der Waals surface area (Å²) in [6.45, 7) is 0.374. The molecule has 3 aromatic carbocycles. The highest BCUT2D eigenvalue weighted by atomic mass is 19.1. The molecule has 2 unspecified atom stereocenters. The molecule has 0 spiro atoms. The molecular weight excluding hydrogens is 417 g/mol. The number of para-hydroxylation sites is 1. The third-order valence-corrected chi connectivity index (χ3v) is 6.76. The number of amides is 2. The third kappa shape index (κ3) is 3.13. The Kier molecular flexibility index (Phi) is 4.54. The maximum atomic E-state index is 13.5. The minimum Gasteiger partial charge on any atom is -0.356 e. The van der Waals surface area contributed by atoms with Crippen LogP contribution in [0.1, 0.15) is 38.8 Å². The van der Waals surface area contributed by atoms with Crippen molar-refractivity contribution >= 4 is 22.7 Å². The predicted molar refractivity (Wildman–Crippen MR) is 123 cm³/mol. The van der Waals surface area contributed by atoms with E-state index >= 15 is 0 Å². The largest absolute Gasteiger partial charge is 0.356 e. The first-order valence-corrected chi connectivity index (χ1v) is 11.1. The smallest absolute Gasteiger partial charge is 0.255 e. The van der Waals surface area contributed by atoms with Crippen molar-refractivity contribution in [2.24, 2.45) is 0 Å². The van der Waals surface area contributed by atoms with Gasteiger partial charge < -0.3 is 15.2 Å². The van der Waals surface area contributed by atoms with E-state index in [0.717, 1.165) is 33.3 Å². The number of H-pyrrole nitrogens is 1. The summed E-state index contributed by atoms with van der Waals surface area (Å²) in [6.07, 6.45) is 0.966. The molecule has 0 saturated carbocycles. The summed E-state index contributed by atoms with van der Waals surface area (Å²) in [4.78, 5) is 32.0. The van der Waals surface area contributed by atoms with Crippen molar-refractivity contribution in [3.8, 4) is 0 Å². The topological polar surface area (TPSA) is 65.2 Å². The minimum atomic E-state index is -0.617. The van der Waals surface area contributed by atoms with Crippen LogP contribution in [0.15, 0.2) is 72.8 Å². The molecule has 33 heavy (non-hydrogen) atoms. The van der Waals surface area contributed by atoms with Gasteiger partial charge in [-0.25, -0.2) is 4.39 Å². The Labute approximate surface area is 190 Å². The van der Waals surface area contributed by atoms with Crippen molar-refractivity contribution in [2.45, 2.75) is 24.9 Å². The van der Waals surface area contributed by atoms with Crippen LogP contribution in [-0.2, 0) is 17.6 Å². The Morgan fingerprint density at radius 3 is 2.76 bits per heavy atom. The second-order valence-corrected chi connectivity index (χ2v) is 8.66. The second-order valence-electron chi connectivity index (χ2n) is 8.66. The van der Waals surface area contributed by atoms with Gasteiger partial charge in [-0.3, -0.25) is 9.59 Å². The Hall–Kier alpha value is -3.93. The SMILES string of the molecule is O=C(NCCc1cccc(F)c1)C1Cc2c([nH]c3ccccc23)C2c3ccccc3C(=O)N12. The van der Waals surface area contributed by atoms with Crippen molar-refractivity contribution in [1.29, 1.82) is 0 Å². The van der Waals surface area contributed by atoms with Gasteiger partial charge in [0.2, 0.25) is 5.91 Å². The number of hydrogen-bond acceptors (Lipinski definition) is 2. The fraction of sp³-hybridized carbons (Fsp3) is 0.185. The fourth-order valence-corrected chi connectivity index (χ4v) is 5.28. The Morgan fingerprint density at radius 1 is 1.06 bits per heavy atom. The van der Waals surface area contributed by atoms with E-state index in [4.69, 9.17) is 0 Å². The van der Waals surface area contributed by atoms with Crippen LogP contribution in [0.2, 0.25) is 0 Å². The van der Waals surface area contributed by atoms with E-state index in [0.29, 0.717) is 24.9 Å².